The number of hydrogen-bond donors (Lipinski definition) is 2. The first-order valence-electron chi connectivity index (χ1n) is 8.41. The number of benzene rings is 1. The summed E-state index contributed by atoms with van der Waals surface area (Å²) < 4.78 is 6.83. The minimum absolute atomic E-state index is 0.163. The molecule has 1 unspecified atom stereocenters. The van der Waals surface area contributed by atoms with Gasteiger partial charge in [-0.2, -0.15) is 0 Å². The van der Waals surface area contributed by atoms with Crippen LogP contribution in [0.1, 0.15) is 18.9 Å². The van der Waals surface area contributed by atoms with Crippen molar-refractivity contribution in [3.63, 3.8) is 0 Å². The minimum atomic E-state index is -0.732. The van der Waals surface area contributed by atoms with Gasteiger partial charge >= 0.3 is 5.76 Å². The molecule has 2 N–H and O–H groups in total. The molecule has 1 aromatic heterocycles. The number of carbonyl (C=O) groups excluding carboxylic acids is 2. The molecule has 0 spiro atoms. The van der Waals surface area contributed by atoms with E-state index in [-0.39, 0.29) is 18.7 Å². The van der Waals surface area contributed by atoms with Gasteiger partial charge in [0, 0.05) is 39.6 Å². The van der Waals surface area contributed by atoms with Crippen LogP contribution in [0, 0.1) is 0 Å². The maximum Gasteiger partial charge on any atom is 0.420 e. The molecule has 1 aromatic carbocycles. The van der Waals surface area contributed by atoms with Crippen LogP contribution in [0.15, 0.2) is 27.4 Å². The van der Waals surface area contributed by atoms with E-state index in [4.69, 9.17) is 4.42 Å². The molecule has 1 atom stereocenters. The van der Waals surface area contributed by atoms with Crippen molar-refractivity contribution in [3.8, 4) is 0 Å². The number of hydrogen-bond acceptors (Lipinski definition) is 6. The van der Waals surface area contributed by atoms with Crippen LogP contribution in [-0.4, -0.2) is 50.0 Å². The number of piperazine rings is 1. The Bertz CT molecular complexity index is 820. The molecule has 1 amide bonds. The third kappa shape index (κ3) is 3.43. The van der Waals surface area contributed by atoms with E-state index in [0.29, 0.717) is 17.4 Å². The lowest BCUT2D eigenvalue weighted by molar-refractivity contribution is -0.121. The van der Waals surface area contributed by atoms with E-state index in [1.54, 1.807) is 6.07 Å². The van der Waals surface area contributed by atoms with Crippen molar-refractivity contribution in [2.45, 2.75) is 18.9 Å². The second-order valence-electron chi connectivity index (χ2n) is 6.02. The lowest BCUT2D eigenvalue weighted by Crippen LogP contribution is -2.43. The van der Waals surface area contributed by atoms with Crippen LogP contribution in [0.4, 0.5) is 5.69 Å². The summed E-state index contributed by atoms with van der Waals surface area (Å²) in [5, 5.41) is 5.80. The van der Waals surface area contributed by atoms with E-state index in [1.807, 2.05) is 12.1 Å². The van der Waals surface area contributed by atoms with E-state index in [0.717, 1.165) is 31.9 Å². The minimum Gasteiger partial charge on any atom is -0.405 e. The Hall–Kier alpha value is -2.61. The van der Waals surface area contributed by atoms with Crippen molar-refractivity contribution in [1.29, 1.82) is 0 Å². The number of rotatable bonds is 6. The Morgan fingerprint density at radius 3 is 2.84 bits per heavy atom. The average Bonchev–Trinajstić information content (AvgIpc) is 2.99. The molecular weight excluding hydrogens is 324 g/mol. The number of aldehydes is 1. The van der Waals surface area contributed by atoms with Crippen molar-refractivity contribution in [2.75, 3.05) is 38.1 Å². The highest BCUT2D eigenvalue weighted by molar-refractivity contribution is 5.88. The summed E-state index contributed by atoms with van der Waals surface area (Å²) in [5.74, 6) is -0.749. The Balaban J connectivity index is 1.98. The Labute approximate surface area is 144 Å². The molecule has 0 aliphatic carbocycles. The van der Waals surface area contributed by atoms with Crippen molar-refractivity contribution in [2.24, 2.45) is 0 Å². The quantitative estimate of drug-likeness (QED) is 0.729. The third-order valence-electron chi connectivity index (χ3n) is 4.51. The summed E-state index contributed by atoms with van der Waals surface area (Å²) >= 11 is 0. The van der Waals surface area contributed by atoms with Gasteiger partial charge in [-0.25, -0.2) is 4.79 Å². The number of fused-ring (bicyclic) bond motifs is 1. The predicted octanol–water partition coefficient (Wildman–Crippen LogP) is 0.270. The van der Waals surface area contributed by atoms with Crippen LogP contribution in [-0.2, 0) is 9.59 Å². The molecule has 3 rings (SSSR count). The van der Waals surface area contributed by atoms with Gasteiger partial charge in [0.15, 0.2) is 5.58 Å². The predicted molar refractivity (Wildman–Crippen MR) is 94.0 cm³/mol. The van der Waals surface area contributed by atoms with Crippen molar-refractivity contribution >= 4 is 29.0 Å². The van der Waals surface area contributed by atoms with E-state index >= 15 is 0 Å². The van der Waals surface area contributed by atoms with Crippen LogP contribution >= 0.6 is 0 Å². The lowest BCUT2D eigenvalue weighted by atomic mass is 10.1. The number of anilines is 1. The van der Waals surface area contributed by atoms with Gasteiger partial charge in [0.2, 0.25) is 5.91 Å². The number of carbonyl (C=O) groups is 2. The van der Waals surface area contributed by atoms with Gasteiger partial charge < -0.3 is 24.7 Å². The van der Waals surface area contributed by atoms with Gasteiger partial charge in [0.25, 0.3) is 0 Å². The zero-order valence-corrected chi connectivity index (χ0v) is 14.2. The molecule has 8 heteroatoms. The maximum absolute atomic E-state index is 12.4. The second kappa shape index (κ2) is 7.52. The Morgan fingerprint density at radius 2 is 2.16 bits per heavy atom. The van der Waals surface area contributed by atoms with Gasteiger partial charge in [-0.05, 0) is 18.6 Å². The molecule has 1 saturated heterocycles. The number of para-hydroxylation sites is 1. The fourth-order valence-corrected chi connectivity index (χ4v) is 3.17. The van der Waals surface area contributed by atoms with E-state index in [2.05, 4.69) is 15.5 Å². The highest BCUT2D eigenvalue weighted by Gasteiger charge is 2.23. The van der Waals surface area contributed by atoms with Gasteiger partial charge in [-0.3, -0.25) is 9.36 Å². The fraction of sp³-hybridized carbons (Fsp3) is 0.471. The number of nitrogens with one attached hydrogen (secondary N) is 2. The highest BCUT2D eigenvalue weighted by Crippen LogP contribution is 2.28. The number of aromatic nitrogens is 1. The van der Waals surface area contributed by atoms with Gasteiger partial charge in [-0.1, -0.05) is 6.07 Å². The second-order valence-corrected chi connectivity index (χ2v) is 6.02. The molecule has 0 bridgehead atoms. The number of amides is 1. The van der Waals surface area contributed by atoms with Crippen LogP contribution < -0.4 is 21.3 Å². The van der Waals surface area contributed by atoms with E-state index in [1.165, 1.54) is 11.6 Å². The summed E-state index contributed by atoms with van der Waals surface area (Å²) in [6.45, 7) is 3.37. The molecule has 134 valence electrons. The largest absolute Gasteiger partial charge is 0.420 e. The normalized spacial score (nSPS) is 16.0. The zero-order valence-electron chi connectivity index (χ0n) is 14.2. The zero-order chi connectivity index (χ0) is 17.8. The first-order valence-corrected chi connectivity index (χ1v) is 8.41. The van der Waals surface area contributed by atoms with Gasteiger partial charge in [-0.15, -0.1) is 0 Å². The number of nitrogens with zero attached hydrogens (tertiary/aromatic N) is 2. The van der Waals surface area contributed by atoms with Crippen molar-refractivity contribution in [3.05, 3.63) is 28.7 Å². The monoisotopic (exact) mass is 346 g/mol. The van der Waals surface area contributed by atoms with Crippen molar-refractivity contribution < 1.29 is 14.0 Å². The average molecular weight is 346 g/mol. The van der Waals surface area contributed by atoms with Crippen LogP contribution in [0.5, 0.6) is 0 Å². The fourth-order valence-electron chi connectivity index (χ4n) is 3.17. The highest BCUT2D eigenvalue weighted by atomic mass is 16.4. The molecule has 25 heavy (non-hydrogen) atoms. The molecule has 2 aromatic rings. The molecule has 0 radical (unpaired) electrons. The Morgan fingerprint density at radius 1 is 1.40 bits per heavy atom. The first kappa shape index (κ1) is 17.2. The summed E-state index contributed by atoms with van der Waals surface area (Å²) in [4.78, 5) is 37.5. The number of oxazole rings is 1. The third-order valence-corrected chi connectivity index (χ3v) is 4.51. The van der Waals surface area contributed by atoms with Crippen LogP contribution in [0.3, 0.4) is 0 Å². The van der Waals surface area contributed by atoms with Gasteiger partial charge in [0.05, 0.1) is 17.2 Å². The summed E-state index contributed by atoms with van der Waals surface area (Å²) in [7, 11) is 1.54. The SMILES string of the molecule is CNC(=O)CCC(C=O)n1c(=O)oc2c(N3CCNCC3)cccc21. The van der Waals surface area contributed by atoms with Crippen LogP contribution in [0.25, 0.3) is 11.1 Å². The van der Waals surface area contributed by atoms with Crippen molar-refractivity contribution in [1.82, 2.24) is 15.2 Å². The first-order chi connectivity index (χ1) is 12.2. The summed E-state index contributed by atoms with van der Waals surface area (Å²) in [6, 6.07) is 4.81. The molecule has 0 saturated carbocycles. The van der Waals surface area contributed by atoms with E-state index < -0.39 is 11.8 Å². The standard InChI is InChI=1S/C17H22N4O4/c1-18-15(23)6-5-12(11-22)21-14-4-2-3-13(16(14)25-17(21)24)20-9-7-19-8-10-20/h2-4,11-12,19H,5-10H2,1H3,(H,18,23). The molecule has 1 aliphatic rings. The van der Waals surface area contributed by atoms with Crippen LogP contribution in [0.2, 0.25) is 0 Å². The lowest BCUT2D eigenvalue weighted by Gasteiger charge is -2.29. The topological polar surface area (TPSA) is 96.6 Å². The molecule has 1 fully saturated rings. The van der Waals surface area contributed by atoms with E-state index in [9.17, 15) is 14.4 Å². The maximum atomic E-state index is 12.4. The summed E-state index contributed by atoms with van der Waals surface area (Å²) in [5.41, 5.74) is 1.92. The smallest absolute Gasteiger partial charge is 0.405 e. The molecule has 2 heterocycles. The summed E-state index contributed by atoms with van der Waals surface area (Å²) in [6.07, 6.45) is 1.10. The Kier molecular flexibility index (Phi) is 5.18. The van der Waals surface area contributed by atoms with Gasteiger partial charge in [0.1, 0.15) is 6.29 Å². The molecule has 8 nitrogen and oxygen atoms in total. The molecule has 1 aliphatic heterocycles. The molecular formula is C17H22N4O4.